The maximum atomic E-state index is 14.5. The Bertz CT molecular complexity index is 1170. The molecule has 3 aromatic rings. The molecule has 0 spiro atoms. The first kappa shape index (κ1) is 19.5. The van der Waals surface area contributed by atoms with Gasteiger partial charge >= 0.3 is 0 Å². The van der Waals surface area contributed by atoms with E-state index in [0.717, 1.165) is 12.1 Å². The number of rotatable bonds is 2. The zero-order valence-corrected chi connectivity index (χ0v) is 16.8. The van der Waals surface area contributed by atoms with Crippen LogP contribution in [0.25, 0.3) is 5.69 Å². The lowest BCUT2D eigenvalue weighted by atomic mass is 9.99. The Hall–Kier alpha value is -2.84. The number of carbonyl (C=O) groups excluding carboxylic acids is 1. The maximum Gasteiger partial charge on any atom is 0.293 e. The van der Waals surface area contributed by atoms with Crippen molar-refractivity contribution in [2.24, 2.45) is 4.99 Å². The molecule has 4 rings (SSSR count). The summed E-state index contributed by atoms with van der Waals surface area (Å²) in [6.45, 7) is -0.0700. The van der Waals surface area contributed by atoms with Crippen molar-refractivity contribution in [2.75, 3.05) is 14.1 Å². The summed E-state index contributed by atoms with van der Waals surface area (Å²) in [7, 11) is 3.16. The Morgan fingerprint density at radius 1 is 1.10 bits per heavy atom. The number of nitrogens with zero attached hydrogens (tertiary/aromatic N) is 5. The fraction of sp³-hybridized carbons (Fsp3) is 0.158. The van der Waals surface area contributed by atoms with Gasteiger partial charge in [-0.1, -0.05) is 29.3 Å². The van der Waals surface area contributed by atoms with Gasteiger partial charge in [0.15, 0.2) is 5.82 Å². The molecule has 0 aliphatic carbocycles. The van der Waals surface area contributed by atoms with Crippen LogP contribution in [0.5, 0.6) is 0 Å². The van der Waals surface area contributed by atoms with Gasteiger partial charge in [0.25, 0.3) is 5.91 Å². The van der Waals surface area contributed by atoms with Crippen molar-refractivity contribution in [1.29, 1.82) is 0 Å². The van der Waals surface area contributed by atoms with Crippen LogP contribution in [0.4, 0.5) is 8.78 Å². The summed E-state index contributed by atoms with van der Waals surface area (Å²) in [6.07, 6.45) is 0. The van der Waals surface area contributed by atoms with Crippen LogP contribution in [0.3, 0.4) is 0 Å². The minimum Gasteiger partial charge on any atom is -0.342 e. The lowest BCUT2D eigenvalue weighted by Crippen LogP contribution is -2.23. The second-order valence-corrected chi connectivity index (χ2v) is 7.27. The molecule has 1 aromatic heterocycles. The van der Waals surface area contributed by atoms with Crippen LogP contribution in [-0.2, 0) is 6.54 Å². The fourth-order valence-corrected chi connectivity index (χ4v) is 3.44. The molecule has 148 valence electrons. The van der Waals surface area contributed by atoms with Crippen LogP contribution >= 0.6 is 23.2 Å². The highest BCUT2D eigenvalue weighted by molar-refractivity contribution is 6.45. The van der Waals surface area contributed by atoms with E-state index in [2.05, 4.69) is 15.1 Å². The third-order valence-corrected chi connectivity index (χ3v) is 5.19. The smallest absolute Gasteiger partial charge is 0.293 e. The van der Waals surface area contributed by atoms with Gasteiger partial charge in [0.2, 0.25) is 5.82 Å². The highest BCUT2D eigenvalue weighted by atomic mass is 35.5. The van der Waals surface area contributed by atoms with Crippen molar-refractivity contribution in [2.45, 2.75) is 6.54 Å². The van der Waals surface area contributed by atoms with Gasteiger partial charge in [-0.25, -0.2) is 18.4 Å². The van der Waals surface area contributed by atoms with E-state index in [9.17, 15) is 13.6 Å². The maximum absolute atomic E-state index is 14.5. The van der Waals surface area contributed by atoms with Crippen molar-refractivity contribution >= 4 is 34.8 Å². The molecular weight excluding hydrogens is 423 g/mol. The van der Waals surface area contributed by atoms with Gasteiger partial charge < -0.3 is 4.90 Å². The van der Waals surface area contributed by atoms with E-state index in [1.807, 2.05) is 0 Å². The van der Waals surface area contributed by atoms with Gasteiger partial charge in [0.1, 0.15) is 11.6 Å². The Morgan fingerprint density at radius 3 is 2.45 bits per heavy atom. The number of hydrogen-bond acceptors (Lipinski definition) is 4. The molecule has 1 aliphatic heterocycles. The molecule has 29 heavy (non-hydrogen) atoms. The van der Waals surface area contributed by atoms with Gasteiger partial charge in [-0.2, -0.15) is 0 Å². The van der Waals surface area contributed by atoms with Gasteiger partial charge in [-0.3, -0.25) is 9.79 Å². The van der Waals surface area contributed by atoms with E-state index in [4.69, 9.17) is 23.2 Å². The Balaban J connectivity index is 2.00. The molecule has 1 aliphatic rings. The average Bonchev–Trinajstić information content (AvgIpc) is 3.03. The molecule has 10 heteroatoms. The van der Waals surface area contributed by atoms with Crippen LogP contribution in [0.1, 0.15) is 27.6 Å². The number of fused-ring (bicyclic) bond motifs is 3. The van der Waals surface area contributed by atoms with Crippen molar-refractivity contribution < 1.29 is 13.6 Å². The SMILES string of the molecule is CN(C)C(=O)c1nc2n(n1)-c1ccc(Cl)c(Cl)c1C(c1c(F)cccc1F)=NC2. The first-order chi connectivity index (χ1) is 13.8. The number of amides is 1. The second kappa shape index (κ2) is 7.20. The van der Waals surface area contributed by atoms with E-state index in [1.54, 1.807) is 20.2 Å². The molecule has 0 unspecified atom stereocenters. The first-order valence-corrected chi connectivity index (χ1v) is 9.20. The third-order valence-electron chi connectivity index (χ3n) is 4.39. The quantitative estimate of drug-likeness (QED) is 0.612. The van der Waals surface area contributed by atoms with E-state index in [-0.39, 0.29) is 39.3 Å². The van der Waals surface area contributed by atoms with Gasteiger partial charge in [0.05, 0.1) is 33.6 Å². The van der Waals surface area contributed by atoms with Crippen LogP contribution in [0, 0.1) is 11.6 Å². The molecule has 0 saturated carbocycles. The Labute approximate surface area is 174 Å². The normalized spacial score (nSPS) is 12.7. The summed E-state index contributed by atoms with van der Waals surface area (Å²) in [4.78, 5) is 22.2. The number of aliphatic imine (C=N–C) groups is 1. The van der Waals surface area contributed by atoms with E-state index < -0.39 is 17.5 Å². The standard InChI is InChI=1S/C19H13Cl2F2N5O/c1-27(2)19(29)18-25-13-8-24-17(14-10(22)4-3-5-11(14)23)15-12(28(13)26-18)7-6-9(20)16(15)21/h3-7H,8H2,1-2H3. The van der Waals surface area contributed by atoms with Gasteiger partial charge in [0, 0.05) is 19.7 Å². The summed E-state index contributed by atoms with van der Waals surface area (Å²) in [6, 6.07) is 6.65. The Kier molecular flexibility index (Phi) is 4.84. The fourth-order valence-electron chi connectivity index (χ4n) is 3.03. The van der Waals surface area contributed by atoms with Crippen LogP contribution < -0.4 is 0 Å². The summed E-state index contributed by atoms with van der Waals surface area (Å²) in [5.74, 6) is -1.68. The number of benzene rings is 2. The first-order valence-electron chi connectivity index (χ1n) is 8.44. The predicted molar refractivity (Wildman–Crippen MR) is 105 cm³/mol. The van der Waals surface area contributed by atoms with Crippen LogP contribution in [-0.4, -0.2) is 45.4 Å². The van der Waals surface area contributed by atoms with Gasteiger partial charge in [-0.05, 0) is 24.3 Å². The predicted octanol–water partition coefficient (Wildman–Crippen LogP) is 3.91. The zero-order chi connectivity index (χ0) is 20.9. The van der Waals surface area contributed by atoms with Gasteiger partial charge in [-0.15, -0.1) is 5.10 Å². The molecule has 6 nitrogen and oxygen atoms in total. The molecule has 1 amide bonds. The van der Waals surface area contributed by atoms with E-state index >= 15 is 0 Å². The van der Waals surface area contributed by atoms with E-state index in [1.165, 1.54) is 21.7 Å². The Morgan fingerprint density at radius 2 is 1.79 bits per heavy atom. The molecule has 0 atom stereocenters. The molecule has 0 bridgehead atoms. The molecule has 2 heterocycles. The number of aromatic nitrogens is 3. The highest BCUT2D eigenvalue weighted by Crippen LogP contribution is 2.35. The molecule has 0 saturated heterocycles. The minimum absolute atomic E-state index is 0.00381. The molecular formula is C19H13Cl2F2N5O. The summed E-state index contributed by atoms with van der Waals surface area (Å²) >= 11 is 12.6. The molecule has 0 radical (unpaired) electrons. The number of carbonyl (C=O) groups is 1. The number of hydrogen-bond donors (Lipinski definition) is 0. The lowest BCUT2D eigenvalue weighted by Gasteiger charge is -2.14. The topological polar surface area (TPSA) is 63.4 Å². The molecule has 0 N–H and O–H groups in total. The monoisotopic (exact) mass is 435 g/mol. The lowest BCUT2D eigenvalue weighted by molar-refractivity contribution is 0.0816. The summed E-state index contributed by atoms with van der Waals surface area (Å²) < 4.78 is 30.4. The van der Waals surface area contributed by atoms with Crippen LogP contribution in [0.2, 0.25) is 10.0 Å². The van der Waals surface area contributed by atoms with E-state index in [0.29, 0.717) is 11.5 Å². The summed E-state index contributed by atoms with van der Waals surface area (Å²) in [5.41, 5.74) is 0.235. The molecule has 0 fully saturated rings. The third kappa shape index (κ3) is 3.18. The number of halogens is 4. The van der Waals surface area contributed by atoms with Crippen molar-refractivity contribution in [3.05, 3.63) is 74.8 Å². The highest BCUT2D eigenvalue weighted by Gasteiger charge is 2.29. The zero-order valence-electron chi connectivity index (χ0n) is 15.3. The largest absolute Gasteiger partial charge is 0.342 e. The second-order valence-electron chi connectivity index (χ2n) is 6.48. The van der Waals surface area contributed by atoms with Crippen molar-refractivity contribution in [1.82, 2.24) is 19.7 Å². The van der Waals surface area contributed by atoms with Crippen molar-refractivity contribution in [3.8, 4) is 5.69 Å². The molecule has 2 aromatic carbocycles. The van der Waals surface area contributed by atoms with Crippen LogP contribution in [0.15, 0.2) is 35.3 Å². The minimum atomic E-state index is -0.790. The summed E-state index contributed by atoms with van der Waals surface area (Å²) in [5, 5.41) is 4.52. The van der Waals surface area contributed by atoms with Crippen molar-refractivity contribution in [3.63, 3.8) is 0 Å². The average molecular weight is 436 g/mol.